The molecule has 0 bridgehead atoms. The lowest BCUT2D eigenvalue weighted by atomic mass is 10.1. The van der Waals surface area contributed by atoms with Crippen LogP contribution in [0, 0.1) is 17.2 Å². The monoisotopic (exact) mass is 241 g/mol. The molecule has 0 unspecified atom stereocenters. The SMILES string of the molecule is N#Cc1cccc(NC(=O)NC2(C3CC3)CC2)c1. The predicted octanol–water partition coefficient (Wildman–Crippen LogP) is 2.62. The molecule has 1 aromatic rings. The van der Waals surface area contributed by atoms with Gasteiger partial charge in [0.25, 0.3) is 0 Å². The minimum absolute atomic E-state index is 0.0803. The third-order valence-corrected chi connectivity index (χ3v) is 3.76. The lowest BCUT2D eigenvalue weighted by Gasteiger charge is -2.17. The fourth-order valence-electron chi connectivity index (χ4n) is 2.46. The maximum Gasteiger partial charge on any atom is 0.319 e. The van der Waals surface area contributed by atoms with E-state index in [1.807, 2.05) is 0 Å². The summed E-state index contributed by atoms with van der Waals surface area (Å²) in [5.41, 5.74) is 1.30. The zero-order chi connectivity index (χ0) is 12.6. The van der Waals surface area contributed by atoms with Gasteiger partial charge in [0.1, 0.15) is 0 Å². The fraction of sp³-hybridized carbons (Fsp3) is 0.429. The van der Waals surface area contributed by atoms with Crippen molar-refractivity contribution >= 4 is 11.7 Å². The van der Waals surface area contributed by atoms with Gasteiger partial charge in [-0.25, -0.2) is 4.79 Å². The van der Waals surface area contributed by atoms with Crippen molar-refractivity contribution in [3.05, 3.63) is 29.8 Å². The molecule has 0 spiro atoms. The Morgan fingerprint density at radius 2 is 2.17 bits per heavy atom. The summed E-state index contributed by atoms with van der Waals surface area (Å²) in [5, 5.41) is 14.7. The van der Waals surface area contributed by atoms with E-state index < -0.39 is 0 Å². The molecule has 0 heterocycles. The highest BCUT2D eigenvalue weighted by molar-refractivity contribution is 5.90. The highest BCUT2D eigenvalue weighted by atomic mass is 16.2. The molecule has 92 valence electrons. The van der Waals surface area contributed by atoms with Gasteiger partial charge in [0.05, 0.1) is 11.6 Å². The summed E-state index contributed by atoms with van der Waals surface area (Å²) >= 11 is 0. The quantitative estimate of drug-likeness (QED) is 0.854. The van der Waals surface area contributed by atoms with Crippen LogP contribution in [0.1, 0.15) is 31.2 Å². The van der Waals surface area contributed by atoms with Crippen molar-refractivity contribution in [1.29, 1.82) is 5.26 Å². The van der Waals surface area contributed by atoms with Crippen molar-refractivity contribution in [2.24, 2.45) is 5.92 Å². The van der Waals surface area contributed by atoms with Gasteiger partial charge in [-0.1, -0.05) is 6.07 Å². The molecule has 18 heavy (non-hydrogen) atoms. The van der Waals surface area contributed by atoms with Crippen molar-refractivity contribution in [3.63, 3.8) is 0 Å². The summed E-state index contributed by atoms with van der Waals surface area (Å²) in [4.78, 5) is 11.9. The van der Waals surface area contributed by atoms with Gasteiger partial charge in [-0.2, -0.15) is 5.26 Å². The van der Waals surface area contributed by atoms with Gasteiger partial charge in [-0.05, 0) is 49.8 Å². The Bertz CT molecular complexity index is 524. The van der Waals surface area contributed by atoms with E-state index in [9.17, 15) is 4.79 Å². The number of nitrogens with one attached hydrogen (secondary N) is 2. The third kappa shape index (κ3) is 2.17. The normalized spacial score (nSPS) is 19.7. The van der Waals surface area contributed by atoms with Crippen LogP contribution in [0.5, 0.6) is 0 Å². The Labute approximate surface area is 106 Å². The minimum atomic E-state index is -0.158. The molecule has 0 aliphatic heterocycles. The number of nitrogens with zero attached hydrogens (tertiary/aromatic N) is 1. The van der Waals surface area contributed by atoms with E-state index in [0.29, 0.717) is 17.2 Å². The Hall–Kier alpha value is -2.02. The van der Waals surface area contributed by atoms with Crippen LogP contribution in [0.25, 0.3) is 0 Å². The molecule has 0 radical (unpaired) electrons. The second-order valence-corrected chi connectivity index (χ2v) is 5.20. The van der Waals surface area contributed by atoms with E-state index in [4.69, 9.17) is 5.26 Å². The average Bonchev–Trinajstić information content (AvgIpc) is 3.22. The second kappa shape index (κ2) is 4.02. The maximum atomic E-state index is 11.9. The van der Waals surface area contributed by atoms with E-state index in [1.54, 1.807) is 24.3 Å². The lowest BCUT2D eigenvalue weighted by Crippen LogP contribution is -2.41. The summed E-state index contributed by atoms with van der Waals surface area (Å²) in [6.07, 6.45) is 4.68. The number of hydrogen-bond acceptors (Lipinski definition) is 2. The van der Waals surface area contributed by atoms with Crippen LogP contribution >= 0.6 is 0 Å². The summed E-state index contributed by atoms with van der Waals surface area (Å²) in [5.74, 6) is 0.689. The lowest BCUT2D eigenvalue weighted by molar-refractivity contribution is 0.245. The van der Waals surface area contributed by atoms with Crippen LogP contribution in [0.3, 0.4) is 0 Å². The zero-order valence-electron chi connectivity index (χ0n) is 10.1. The standard InChI is InChI=1S/C14H15N3O/c15-9-10-2-1-3-12(8-10)16-13(18)17-14(6-7-14)11-4-5-11/h1-3,8,11H,4-7H2,(H2,16,17,18). The van der Waals surface area contributed by atoms with E-state index in [-0.39, 0.29) is 11.6 Å². The smallest absolute Gasteiger partial charge is 0.319 e. The summed E-state index contributed by atoms with van der Waals surface area (Å²) in [6, 6.07) is 8.85. The van der Waals surface area contributed by atoms with Crippen molar-refractivity contribution in [2.45, 2.75) is 31.2 Å². The van der Waals surface area contributed by atoms with Gasteiger partial charge in [-0.3, -0.25) is 0 Å². The molecule has 0 saturated heterocycles. The Morgan fingerprint density at radius 3 is 2.78 bits per heavy atom. The first-order chi connectivity index (χ1) is 8.72. The van der Waals surface area contributed by atoms with Crippen LogP contribution in [0.2, 0.25) is 0 Å². The van der Waals surface area contributed by atoms with Crippen molar-refractivity contribution in [1.82, 2.24) is 5.32 Å². The number of urea groups is 1. The highest BCUT2D eigenvalue weighted by Gasteiger charge is 2.54. The molecule has 3 rings (SSSR count). The number of carbonyl (C=O) groups excluding carboxylic acids is 1. The minimum Gasteiger partial charge on any atom is -0.332 e. The highest BCUT2D eigenvalue weighted by Crippen LogP contribution is 2.53. The molecule has 2 saturated carbocycles. The number of benzene rings is 1. The number of rotatable bonds is 3. The largest absolute Gasteiger partial charge is 0.332 e. The van der Waals surface area contributed by atoms with Crippen molar-refractivity contribution in [2.75, 3.05) is 5.32 Å². The molecular formula is C14H15N3O. The molecule has 2 amide bonds. The van der Waals surface area contributed by atoms with Gasteiger partial charge in [-0.15, -0.1) is 0 Å². The topological polar surface area (TPSA) is 64.9 Å². The van der Waals surface area contributed by atoms with E-state index >= 15 is 0 Å². The number of hydrogen-bond donors (Lipinski definition) is 2. The first kappa shape index (κ1) is 11.1. The van der Waals surface area contributed by atoms with E-state index in [1.165, 1.54) is 12.8 Å². The molecular weight excluding hydrogens is 226 g/mol. The van der Waals surface area contributed by atoms with Gasteiger partial charge in [0.2, 0.25) is 0 Å². The van der Waals surface area contributed by atoms with Gasteiger partial charge >= 0.3 is 6.03 Å². The Morgan fingerprint density at radius 1 is 1.39 bits per heavy atom. The van der Waals surface area contributed by atoms with Crippen LogP contribution in [-0.2, 0) is 0 Å². The van der Waals surface area contributed by atoms with Crippen LogP contribution < -0.4 is 10.6 Å². The molecule has 1 aromatic carbocycles. The van der Waals surface area contributed by atoms with Crippen LogP contribution in [-0.4, -0.2) is 11.6 Å². The molecule has 2 aliphatic carbocycles. The van der Waals surface area contributed by atoms with Crippen LogP contribution in [0.15, 0.2) is 24.3 Å². The second-order valence-electron chi connectivity index (χ2n) is 5.20. The van der Waals surface area contributed by atoms with E-state index in [2.05, 4.69) is 16.7 Å². The van der Waals surface area contributed by atoms with Gasteiger partial charge in [0.15, 0.2) is 0 Å². The van der Waals surface area contributed by atoms with E-state index in [0.717, 1.165) is 12.8 Å². The molecule has 2 fully saturated rings. The van der Waals surface area contributed by atoms with Crippen LogP contribution in [0.4, 0.5) is 10.5 Å². The molecule has 4 heteroatoms. The number of nitriles is 1. The summed E-state index contributed by atoms with van der Waals surface area (Å²) in [6.45, 7) is 0. The summed E-state index contributed by atoms with van der Waals surface area (Å²) in [7, 11) is 0. The molecule has 0 atom stereocenters. The number of carbonyl (C=O) groups is 1. The molecule has 4 nitrogen and oxygen atoms in total. The first-order valence-electron chi connectivity index (χ1n) is 6.31. The third-order valence-electron chi connectivity index (χ3n) is 3.76. The van der Waals surface area contributed by atoms with Crippen molar-refractivity contribution in [3.8, 4) is 6.07 Å². The Kier molecular flexibility index (Phi) is 2.48. The maximum absolute atomic E-state index is 11.9. The number of amides is 2. The van der Waals surface area contributed by atoms with Gasteiger partial charge in [0, 0.05) is 11.2 Å². The predicted molar refractivity (Wildman–Crippen MR) is 68.0 cm³/mol. The first-order valence-corrected chi connectivity index (χ1v) is 6.31. The van der Waals surface area contributed by atoms with Gasteiger partial charge < -0.3 is 10.6 Å². The fourth-order valence-corrected chi connectivity index (χ4v) is 2.46. The Balaban J connectivity index is 1.62. The number of anilines is 1. The molecule has 2 N–H and O–H groups in total. The zero-order valence-corrected chi connectivity index (χ0v) is 10.1. The molecule has 0 aromatic heterocycles. The molecule has 2 aliphatic rings. The van der Waals surface area contributed by atoms with Crippen molar-refractivity contribution < 1.29 is 4.79 Å². The summed E-state index contributed by atoms with van der Waals surface area (Å²) < 4.78 is 0. The average molecular weight is 241 g/mol.